The van der Waals surface area contributed by atoms with Crippen molar-refractivity contribution in [1.29, 1.82) is 0 Å². The van der Waals surface area contributed by atoms with E-state index < -0.39 is 23.5 Å². The predicted molar refractivity (Wildman–Crippen MR) is 146 cm³/mol. The summed E-state index contributed by atoms with van der Waals surface area (Å²) in [5.74, 6) is -1.24. The zero-order valence-corrected chi connectivity index (χ0v) is 22.4. The average molecular weight is 540 g/mol. The van der Waals surface area contributed by atoms with Crippen molar-refractivity contribution in [3.05, 3.63) is 93.0 Å². The Hall–Kier alpha value is -3.48. The van der Waals surface area contributed by atoms with Gasteiger partial charge in [0.1, 0.15) is 17.3 Å². The molecule has 1 heterocycles. The Balaban J connectivity index is 1.93. The number of methoxy groups -OCH3 is 1. The third kappa shape index (κ3) is 5.17. The Bertz CT molecular complexity index is 1360. The van der Waals surface area contributed by atoms with Crippen LogP contribution < -0.4 is 14.4 Å². The summed E-state index contributed by atoms with van der Waals surface area (Å²) in [5, 5.41) is 11.9. The number of aliphatic hydroxyl groups excluding tert-OH is 1. The number of ketones is 1. The fraction of sp³-hybridized carbons (Fsp3) is 0.241. The number of amides is 1. The maximum atomic E-state index is 13.5. The Morgan fingerprint density at radius 1 is 1.03 bits per heavy atom. The molecule has 0 saturated carbocycles. The number of carbonyl (C=O) groups excluding carboxylic acids is 2. The lowest BCUT2D eigenvalue weighted by Crippen LogP contribution is -2.29. The average Bonchev–Trinajstić information content (AvgIpc) is 3.13. The van der Waals surface area contributed by atoms with E-state index in [1.165, 1.54) is 24.1 Å². The van der Waals surface area contributed by atoms with E-state index >= 15 is 0 Å². The minimum Gasteiger partial charge on any atom is -0.507 e. The molecular weight excluding hydrogens is 513 g/mol. The number of rotatable bonds is 7. The van der Waals surface area contributed by atoms with Crippen LogP contribution in [0.3, 0.4) is 0 Å². The lowest BCUT2D eigenvalue weighted by molar-refractivity contribution is -0.132. The Morgan fingerprint density at radius 3 is 2.24 bits per heavy atom. The molecule has 1 amide bonds. The Kier molecular flexibility index (Phi) is 7.81. The van der Waals surface area contributed by atoms with Crippen LogP contribution in [0, 0.1) is 0 Å². The monoisotopic (exact) mass is 539 g/mol. The first-order chi connectivity index (χ1) is 17.7. The fourth-order valence-electron chi connectivity index (χ4n) is 4.40. The highest BCUT2D eigenvalue weighted by Gasteiger charge is 2.47. The maximum Gasteiger partial charge on any atom is 0.300 e. The molecule has 0 bridgehead atoms. The van der Waals surface area contributed by atoms with Gasteiger partial charge >= 0.3 is 0 Å². The summed E-state index contributed by atoms with van der Waals surface area (Å²) >= 11 is 12.5. The largest absolute Gasteiger partial charge is 0.507 e. The first-order valence-corrected chi connectivity index (χ1v) is 12.6. The number of aliphatic hydroxyl groups is 1. The second kappa shape index (κ2) is 10.9. The van der Waals surface area contributed by atoms with Gasteiger partial charge in [-0.3, -0.25) is 14.5 Å². The number of nitrogens with zero attached hydrogens (tertiary/aromatic N) is 1. The van der Waals surface area contributed by atoms with Crippen LogP contribution in [0.2, 0.25) is 10.0 Å². The highest BCUT2D eigenvalue weighted by atomic mass is 35.5. The van der Waals surface area contributed by atoms with Crippen molar-refractivity contribution < 1.29 is 24.2 Å². The molecule has 37 heavy (non-hydrogen) atoms. The molecule has 6 nitrogen and oxygen atoms in total. The normalized spacial score (nSPS) is 16.9. The molecule has 3 aromatic carbocycles. The van der Waals surface area contributed by atoms with Crippen LogP contribution in [0.15, 0.2) is 66.2 Å². The topological polar surface area (TPSA) is 76.1 Å². The van der Waals surface area contributed by atoms with Crippen molar-refractivity contribution in [2.75, 3.05) is 12.0 Å². The third-order valence-corrected chi connectivity index (χ3v) is 6.60. The molecule has 3 aromatic rings. The number of aryl methyl sites for hydroxylation is 1. The summed E-state index contributed by atoms with van der Waals surface area (Å²) < 4.78 is 11.1. The van der Waals surface area contributed by atoms with Crippen molar-refractivity contribution in [2.45, 2.75) is 39.3 Å². The summed E-state index contributed by atoms with van der Waals surface area (Å²) in [7, 11) is 1.40. The second-order valence-corrected chi connectivity index (χ2v) is 9.74. The minimum atomic E-state index is -0.898. The fourth-order valence-corrected chi connectivity index (χ4v) is 4.97. The quantitative estimate of drug-likeness (QED) is 0.199. The standard InChI is InChI=1S/C29H27Cl2NO5/c1-5-17-6-8-18(9-7-17)25-24(26(33)22-14-19(30)15-23(31)28(22)36-4)27(34)29(35)32(25)20-10-12-21(13-11-20)37-16(2)3/h6-16,25,33H,5H2,1-4H3/b26-24+. The van der Waals surface area contributed by atoms with Crippen molar-refractivity contribution in [2.24, 2.45) is 0 Å². The molecule has 1 aliphatic rings. The van der Waals surface area contributed by atoms with Gasteiger partial charge in [0.25, 0.3) is 11.7 Å². The summed E-state index contributed by atoms with van der Waals surface area (Å²) in [6, 6.07) is 16.5. The van der Waals surface area contributed by atoms with Gasteiger partial charge in [-0.2, -0.15) is 0 Å². The third-order valence-electron chi connectivity index (χ3n) is 6.10. The molecule has 4 rings (SSSR count). The zero-order chi connectivity index (χ0) is 26.9. The van der Waals surface area contributed by atoms with Gasteiger partial charge in [-0.25, -0.2) is 0 Å². The van der Waals surface area contributed by atoms with Crippen LogP contribution in [0.4, 0.5) is 5.69 Å². The molecule has 0 spiro atoms. The molecule has 1 fully saturated rings. The molecule has 0 aliphatic carbocycles. The van der Waals surface area contributed by atoms with Crippen LogP contribution in [0.1, 0.15) is 43.5 Å². The molecule has 1 saturated heterocycles. The Morgan fingerprint density at radius 2 is 1.68 bits per heavy atom. The van der Waals surface area contributed by atoms with E-state index in [9.17, 15) is 14.7 Å². The summed E-state index contributed by atoms with van der Waals surface area (Å²) in [5.41, 5.74) is 2.27. The van der Waals surface area contributed by atoms with E-state index in [-0.39, 0.29) is 33.0 Å². The molecule has 1 aliphatic heterocycles. The first-order valence-electron chi connectivity index (χ1n) is 11.9. The number of halogens is 2. The van der Waals surface area contributed by atoms with Crippen LogP contribution in [0.25, 0.3) is 5.76 Å². The van der Waals surface area contributed by atoms with Crippen molar-refractivity contribution >= 4 is 46.3 Å². The van der Waals surface area contributed by atoms with Crippen molar-refractivity contribution in [3.8, 4) is 11.5 Å². The number of anilines is 1. The summed E-state index contributed by atoms with van der Waals surface area (Å²) in [6.45, 7) is 5.88. The van der Waals surface area contributed by atoms with Gasteiger partial charge in [0.15, 0.2) is 0 Å². The zero-order valence-electron chi connectivity index (χ0n) is 20.9. The van der Waals surface area contributed by atoms with Crippen molar-refractivity contribution in [3.63, 3.8) is 0 Å². The van der Waals surface area contributed by atoms with Gasteiger partial charge < -0.3 is 14.6 Å². The Labute approximate surface area is 226 Å². The molecule has 8 heteroatoms. The number of carbonyl (C=O) groups is 2. The first kappa shape index (κ1) is 26.6. The summed E-state index contributed by atoms with van der Waals surface area (Å²) in [4.78, 5) is 28.3. The van der Waals surface area contributed by atoms with Crippen LogP contribution in [-0.4, -0.2) is 30.0 Å². The lowest BCUT2D eigenvalue weighted by Gasteiger charge is -2.26. The number of ether oxygens (including phenoxy) is 2. The minimum absolute atomic E-state index is 0.0170. The molecule has 0 aromatic heterocycles. The molecule has 0 radical (unpaired) electrons. The molecule has 1 unspecified atom stereocenters. The van der Waals surface area contributed by atoms with E-state index in [1.54, 1.807) is 24.3 Å². The number of hydrogen-bond acceptors (Lipinski definition) is 5. The van der Waals surface area contributed by atoms with Gasteiger partial charge in [0.05, 0.1) is 35.4 Å². The molecule has 1 N–H and O–H groups in total. The van der Waals surface area contributed by atoms with E-state index in [0.29, 0.717) is 17.0 Å². The highest BCUT2D eigenvalue weighted by molar-refractivity contribution is 6.52. The van der Waals surface area contributed by atoms with Crippen LogP contribution >= 0.6 is 23.2 Å². The summed E-state index contributed by atoms with van der Waals surface area (Å²) in [6.07, 6.45) is 0.812. The smallest absolute Gasteiger partial charge is 0.300 e. The second-order valence-electron chi connectivity index (χ2n) is 8.89. The SMILES string of the molecule is CCc1ccc(C2/C(=C(\O)c3cc(Cl)cc(Cl)c3OC)C(=O)C(=O)N2c2ccc(OC(C)C)cc2)cc1. The molecular formula is C29H27Cl2NO5. The van der Waals surface area contributed by atoms with Gasteiger partial charge in [-0.05, 0) is 67.8 Å². The number of benzene rings is 3. The van der Waals surface area contributed by atoms with E-state index in [2.05, 4.69) is 0 Å². The lowest BCUT2D eigenvalue weighted by atomic mass is 9.94. The van der Waals surface area contributed by atoms with Gasteiger partial charge in [-0.1, -0.05) is 54.4 Å². The number of Topliss-reactive ketones (excluding diaryl/α,β-unsaturated/α-hetero) is 1. The van der Waals surface area contributed by atoms with Gasteiger partial charge in [0.2, 0.25) is 0 Å². The predicted octanol–water partition coefficient (Wildman–Crippen LogP) is 6.98. The van der Waals surface area contributed by atoms with Crippen molar-refractivity contribution in [1.82, 2.24) is 0 Å². The van der Waals surface area contributed by atoms with E-state index in [0.717, 1.165) is 12.0 Å². The van der Waals surface area contributed by atoms with Gasteiger partial charge in [0, 0.05) is 10.7 Å². The maximum absolute atomic E-state index is 13.5. The van der Waals surface area contributed by atoms with Crippen LogP contribution in [-0.2, 0) is 16.0 Å². The molecule has 1 atom stereocenters. The molecule has 192 valence electrons. The highest BCUT2D eigenvalue weighted by Crippen LogP contribution is 2.45. The van der Waals surface area contributed by atoms with Gasteiger partial charge in [-0.15, -0.1) is 0 Å². The van der Waals surface area contributed by atoms with E-state index in [4.69, 9.17) is 32.7 Å². The number of hydrogen-bond donors (Lipinski definition) is 1. The van der Waals surface area contributed by atoms with Crippen LogP contribution in [0.5, 0.6) is 11.5 Å². The van der Waals surface area contributed by atoms with E-state index in [1.807, 2.05) is 45.0 Å².